The minimum absolute atomic E-state index is 0.458. The number of ether oxygens (including phenoxy) is 1. The topological polar surface area (TPSA) is 12.5 Å². The van der Waals surface area contributed by atoms with Crippen LogP contribution in [0, 0.1) is 5.92 Å². The monoisotopic (exact) mass is 287 g/mol. The van der Waals surface area contributed by atoms with Crippen molar-refractivity contribution in [1.82, 2.24) is 0 Å². The molecule has 1 unspecified atom stereocenters. The molecule has 0 aliphatic carbocycles. The minimum atomic E-state index is 0.458. The smallest absolute Gasteiger partial charge is 0.0511 e. The summed E-state index contributed by atoms with van der Waals surface area (Å²) >= 11 is 12.0. The van der Waals surface area contributed by atoms with Crippen LogP contribution < -0.4 is 4.90 Å². The maximum Gasteiger partial charge on any atom is 0.0511 e. The molecule has 1 aliphatic heterocycles. The zero-order chi connectivity index (χ0) is 13.0. The van der Waals surface area contributed by atoms with Gasteiger partial charge in [0, 0.05) is 36.8 Å². The lowest BCUT2D eigenvalue weighted by molar-refractivity contribution is 0.0576. The molecule has 1 aromatic rings. The van der Waals surface area contributed by atoms with E-state index in [1.54, 1.807) is 0 Å². The summed E-state index contributed by atoms with van der Waals surface area (Å²) in [7, 11) is 2.10. The molecule has 1 fully saturated rings. The van der Waals surface area contributed by atoms with E-state index >= 15 is 0 Å². The molecule has 100 valence electrons. The summed E-state index contributed by atoms with van der Waals surface area (Å²) in [5.41, 5.74) is 2.12. The minimum Gasteiger partial charge on any atom is -0.381 e. The second-order valence-electron chi connectivity index (χ2n) is 4.87. The number of benzene rings is 1. The van der Waals surface area contributed by atoms with Gasteiger partial charge in [-0.15, -0.1) is 11.6 Å². The zero-order valence-electron chi connectivity index (χ0n) is 10.7. The molecule has 1 saturated heterocycles. The first kappa shape index (κ1) is 14.0. The molecular weight excluding hydrogens is 269 g/mol. The molecule has 1 atom stereocenters. The van der Waals surface area contributed by atoms with Crippen LogP contribution in [0.5, 0.6) is 0 Å². The van der Waals surface area contributed by atoms with Gasteiger partial charge in [0.2, 0.25) is 0 Å². The molecule has 0 spiro atoms. The van der Waals surface area contributed by atoms with Gasteiger partial charge in [-0.1, -0.05) is 17.7 Å². The van der Waals surface area contributed by atoms with Crippen LogP contribution in [0.4, 0.5) is 5.69 Å². The molecular formula is C14H19Cl2NO. The van der Waals surface area contributed by atoms with E-state index in [1.165, 1.54) is 12.8 Å². The molecule has 0 radical (unpaired) electrons. The van der Waals surface area contributed by atoms with Crippen molar-refractivity contribution >= 4 is 28.9 Å². The van der Waals surface area contributed by atoms with E-state index in [0.29, 0.717) is 11.8 Å². The van der Waals surface area contributed by atoms with Crippen LogP contribution in [0.1, 0.15) is 18.4 Å². The third kappa shape index (κ3) is 3.53. The Kier molecular flexibility index (Phi) is 5.16. The third-order valence-corrected chi connectivity index (χ3v) is 4.05. The highest BCUT2D eigenvalue weighted by Crippen LogP contribution is 2.25. The van der Waals surface area contributed by atoms with Crippen molar-refractivity contribution in [2.75, 3.05) is 31.7 Å². The fourth-order valence-corrected chi connectivity index (χ4v) is 2.87. The summed E-state index contributed by atoms with van der Waals surface area (Å²) in [4.78, 5) is 2.24. The Morgan fingerprint density at radius 1 is 1.44 bits per heavy atom. The van der Waals surface area contributed by atoms with Gasteiger partial charge in [-0.3, -0.25) is 0 Å². The second-order valence-corrected chi connectivity index (χ2v) is 5.55. The van der Waals surface area contributed by atoms with E-state index in [9.17, 15) is 0 Å². The van der Waals surface area contributed by atoms with Crippen LogP contribution >= 0.6 is 23.2 Å². The average Bonchev–Trinajstić information content (AvgIpc) is 2.39. The molecule has 4 heteroatoms. The first-order chi connectivity index (χ1) is 8.70. The highest BCUT2D eigenvalue weighted by atomic mass is 35.5. The summed E-state index contributed by atoms with van der Waals surface area (Å²) in [6.07, 6.45) is 2.42. The second kappa shape index (κ2) is 6.65. The standard InChI is InChI=1S/C14H19Cl2NO/c1-17(9-11-3-2-6-18-10-11)13-5-4-12(8-15)14(16)7-13/h4-5,7,11H,2-3,6,8-10H2,1H3. The Morgan fingerprint density at radius 2 is 2.28 bits per heavy atom. The van der Waals surface area contributed by atoms with Gasteiger partial charge in [-0.05, 0) is 36.5 Å². The van der Waals surface area contributed by atoms with Gasteiger partial charge < -0.3 is 9.64 Å². The normalized spacial score (nSPS) is 19.8. The number of halogens is 2. The Labute approximate surface area is 119 Å². The van der Waals surface area contributed by atoms with Gasteiger partial charge in [-0.25, -0.2) is 0 Å². The van der Waals surface area contributed by atoms with Crippen LogP contribution in [0.3, 0.4) is 0 Å². The summed E-state index contributed by atoms with van der Waals surface area (Å²) in [6.45, 7) is 2.80. The lowest BCUT2D eigenvalue weighted by Crippen LogP contribution is -2.30. The van der Waals surface area contributed by atoms with Crippen molar-refractivity contribution in [2.45, 2.75) is 18.7 Å². The maximum atomic E-state index is 6.18. The van der Waals surface area contributed by atoms with Gasteiger partial charge in [0.1, 0.15) is 0 Å². The van der Waals surface area contributed by atoms with Gasteiger partial charge in [0.15, 0.2) is 0 Å². The predicted molar refractivity (Wildman–Crippen MR) is 77.8 cm³/mol. The van der Waals surface area contributed by atoms with E-state index in [0.717, 1.165) is 36.0 Å². The van der Waals surface area contributed by atoms with Crippen molar-refractivity contribution in [3.63, 3.8) is 0 Å². The molecule has 0 bridgehead atoms. The predicted octanol–water partition coefficient (Wildman–Crippen LogP) is 3.94. The maximum absolute atomic E-state index is 6.18. The van der Waals surface area contributed by atoms with Crippen LogP contribution in [0.25, 0.3) is 0 Å². The molecule has 0 saturated carbocycles. The van der Waals surface area contributed by atoms with Crippen molar-refractivity contribution in [2.24, 2.45) is 5.92 Å². The number of nitrogens with zero attached hydrogens (tertiary/aromatic N) is 1. The van der Waals surface area contributed by atoms with Crippen molar-refractivity contribution in [1.29, 1.82) is 0 Å². The molecule has 18 heavy (non-hydrogen) atoms. The van der Waals surface area contributed by atoms with E-state index in [1.807, 2.05) is 12.1 Å². The Hall–Kier alpha value is -0.440. The fraction of sp³-hybridized carbons (Fsp3) is 0.571. The number of hydrogen-bond acceptors (Lipinski definition) is 2. The van der Waals surface area contributed by atoms with Gasteiger partial charge >= 0.3 is 0 Å². The molecule has 1 aliphatic rings. The third-order valence-electron chi connectivity index (χ3n) is 3.41. The Morgan fingerprint density at radius 3 is 2.89 bits per heavy atom. The van der Waals surface area contributed by atoms with Crippen LogP contribution in [-0.4, -0.2) is 26.8 Å². The van der Waals surface area contributed by atoms with E-state index in [-0.39, 0.29) is 0 Å². The van der Waals surface area contributed by atoms with E-state index in [2.05, 4.69) is 18.0 Å². The molecule has 2 rings (SSSR count). The molecule has 2 nitrogen and oxygen atoms in total. The summed E-state index contributed by atoms with van der Waals surface area (Å²) in [5, 5.41) is 0.745. The van der Waals surface area contributed by atoms with Gasteiger partial charge in [-0.2, -0.15) is 0 Å². The average molecular weight is 288 g/mol. The molecule has 0 aromatic heterocycles. The lowest BCUT2D eigenvalue weighted by atomic mass is 10.0. The quantitative estimate of drug-likeness (QED) is 0.778. The molecule has 0 N–H and O–H groups in total. The summed E-state index contributed by atoms with van der Waals surface area (Å²) in [5.74, 6) is 1.08. The number of hydrogen-bond donors (Lipinski definition) is 0. The van der Waals surface area contributed by atoms with Crippen molar-refractivity contribution in [3.05, 3.63) is 28.8 Å². The number of rotatable bonds is 4. The molecule has 0 amide bonds. The Balaban J connectivity index is 1.99. The first-order valence-electron chi connectivity index (χ1n) is 6.34. The van der Waals surface area contributed by atoms with E-state index in [4.69, 9.17) is 27.9 Å². The highest BCUT2D eigenvalue weighted by Gasteiger charge is 2.16. The number of alkyl halides is 1. The van der Waals surface area contributed by atoms with Crippen molar-refractivity contribution in [3.8, 4) is 0 Å². The van der Waals surface area contributed by atoms with Crippen LogP contribution in [0.2, 0.25) is 5.02 Å². The largest absolute Gasteiger partial charge is 0.381 e. The van der Waals surface area contributed by atoms with Crippen LogP contribution in [-0.2, 0) is 10.6 Å². The highest BCUT2D eigenvalue weighted by molar-refractivity contribution is 6.32. The Bertz CT molecular complexity index is 391. The molecule has 1 aromatic carbocycles. The summed E-state index contributed by atoms with van der Waals surface area (Å²) in [6, 6.07) is 6.06. The van der Waals surface area contributed by atoms with Crippen LogP contribution in [0.15, 0.2) is 18.2 Å². The van der Waals surface area contributed by atoms with Crippen molar-refractivity contribution < 1.29 is 4.74 Å². The first-order valence-corrected chi connectivity index (χ1v) is 7.25. The summed E-state index contributed by atoms with van der Waals surface area (Å²) < 4.78 is 5.51. The van der Waals surface area contributed by atoms with Gasteiger partial charge in [0.25, 0.3) is 0 Å². The lowest BCUT2D eigenvalue weighted by Gasteiger charge is -2.28. The van der Waals surface area contributed by atoms with E-state index < -0.39 is 0 Å². The number of anilines is 1. The SMILES string of the molecule is CN(CC1CCCOC1)c1ccc(CCl)c(Cl)c1. The van der Waals surface area contributed by atoms with Gasteiger partial charge in [0.05, 0.1) is 6.61 Å². The zero-order valence-corrected chi connectivity index (χ0v) is 12.2. The fourth-order valence-electron chi connectivity index (χ4n) is 2.33. The molecule has 1 heterocycles.